The maximum absolute atomic E-state index is 13.8. The summed E-state index contributed by atoms with van der Waals surface area (Å²) in [4.78, 5) is 16.8. The molecule has 0 bridgehead atoms. The maximum atomic E-state index is 13.8. The number of hydrogen-bond acceptors (Lipinski definition) is 5. The summed E-state index contributed by atoms with van der Waals surface area (Å²) in [6.45, 7) is 15.2. The van der Waals surface area contributed by atoms with Gasteiger partial charge in [0.15, 0.2) is 8.32 Å². The van der Waals surface area contributed by atoms with Crippen LogP contribution in [0, 0.1) is 5.92 Å². The number of allylic oxidation sites excluding steroid dienone is 1. The molecule has 3 rings (SSSR count). The molecule has 4 nitrogen and oxygen atoms in total. The Bertz CT molecular complexity index is 1080. The minimum absolute atomic E-state index is 0.0225. The number of methoxy groups -OCH3 is 1. The van der Waals surface area contributed by atoms with Crippen LogP contribution in [0.25, 0.3) is 5.57 Å². The summed E-state index contributed by atoms with van der Waals surface area (Å²) in [6, 6.07) is 20.2. The highest BCUT2D eigenvalue weighted by Crippen LogP contribution is 2.47. The van der Waals surface area contributed by atoms with Crippen LogP contribution in [0.5, 0.6) is 0 Å². The zero-order chi connectivity index (χ0) is 26.0. The molecule has 3 atom stereocenters. The number of carbonyl (C=O) groups excluding carboxylic acids is 1. The van der Waals surface area contributed by atoms with Crippen LogP contribution in [-0.4, -0.2) is 42.8 Å². The molecule has 1 amide bonds. The third kappa shape index (κ3) is 5.90. The number of thiocarbonyl (C=S) groups is 1. The standard InChI is InChI=1S/C28H37NO3S2Si/c1-19(21-15-11-9-12-16-21)24(27(33)31-6)29-25(30)23(20(2)32-35(7,8)28(3,4)5)26(29)34-22-17-13-10-14-18-22/h9-18,20,23,26H,1-8H3/t20-,23+,26-/m1/s1. The molecular weight excluding hydrogens is 491 g/mol. The van der Waals surface area contributed by atoms with Gasteiger partial charge < -0.3 is 9.16 Å². The number of rotatable bonds is 8. The van der Waals surface area contributed by atoms with Crippen molar-refractivity contribution in [2.45, 2.75) is 69.1 Å². The third-order valence-electron chi connectivity index (χ3n) is 7.06. The molecule has 0 saturated carbocycles. The van der Waals surface area contributed by atoms with E-state index in [2.05, 4.69) is 46.0 Å². The fourth-order valence-electron chi connectivity index (χ4n) is 3.99. The monoisotopic (exact) mass is 527 g/mol. The molecule has 1 aliphatic rings. The van der Waals surface area contributed by atoms with E-state index in [4.69, 9.17) is 21.4 Å². The van der Waals surface area contributed by atoms with E-state index < -0.39 is 8.32 Å². The van der Waals surface area contributed by atoms with E-state index in [0.717, 1.165) is 16.0 Å². The number of thioether (sulfide) groups is 1. The Labute approximate surface area is 221 Å². The van der Waals surface area contributed by atoms with Gasteiger partial charge in [-0.25, -0.2) is 0 Å². The topological polar surface area (TPSA) is 38.8 Å². The highest BCUT2D eigenvalue weighted by molar-refractivity contribution is 8.00. The summed E-state index contributed by atoms with van der Waals surface area (Å²) >= 11 is 7.31. The van der Waals surface area contributed by atoms with Gasteiger partial charge in [-0.15, -0.1) is 0 Å². The fourth-order valence-corrected chi connectivity index (χ4v) is 7.06. The van der Waals surface area contributed by atoms with Crippen molar-refractivity contribution in [1.29, 1.82) is 0 Å². The molecule has 2 aromatic rings. The summed E-state index contributed by atoms with van der Waals surface area (Å²) in [5, 5.41) is 0.212. The van der Waals surface area contributed by atoms with Crippen molar-refractivity contribution in [3.63, 3.8) is 0 Å². The molecule has 0 spiro atoms. The molecular formula is C28H37NO3S2Si. The summed E-state index contributed by atoms with van der Waals surface area (Å²) in [6.07, 6.45) is -0.213. The van der Waals surface area contributed by atoms with Crippen LogP contribution in [0.4, 0.5) is 0 Å². The Morgan fingerprint density at radius 1 is 1.06 bits per heavy atom. The summed E-state index contributed by atoms with van der Waals surface area (Å²) in [5.41, 5.74) is 2.58. The van der Waals surface area contributed by atoms with E-state index in [0.29, 0.717) is 10.7 Å². The van der Waals surface area contributed by atoms with Crippen molar-refractivity contribution in [1.82, 2.24) is 4.90 Å². The lowest BCUT2D eigenvalue weighted by Crippen LogP contribution is -2.64. The molecule has 1 aliphatic heterocycles. The van der Waals surface area contributed by atoms with E-state index >= 15 is 0 Å². The van der Waals surface area contributed by atoms with Gasteiger partial charge in [-0.1, -0.05) is 81.1 Å². The van der Waals surface area contributed by atoms with E-state index in [1.165, 1.54) is 0 Å². The number of benzene rings is 2. The molecule has 2 aromatic carbocycles. The number of ether oxygens (including phenoxy) is 1. The minimum Gasteiger partial charge on any atom is -0.485 e. The molecule has 35 heavy (non-hydrogen) atoms. The minimum atomic E-state index is -2.06. The largest absolute Gasteiger partial charge is 0.485 e. The molecule has 188 valence electrons. The first kappa shape index (κ1) is 27.7. The second-order valence-electron chi connectivity index (χ2n) is 10.5. The van der Waals surface area contributed by atoms with Crippen molar-refractivity contribution in [3.8, 4) is 0 Å². The molecule has 0 N–H and O–H groups in total. The van der Waals surface area contributed by atoms with Crippen LogP contribution >= 0.6 is 24.0 Å². The molecule has 1 fully saturated rings. The number of likely N-dealkylation sites (tertiary alicyclic amines) is 1. The highest BCUT2D eigenvalue weighted by Gasteiger charge is 2.55. The highest BCUT2D eigenvalue weighted by atomic mass is 32.2. The van der Waals surface area contributed by atoms with Crippen LogP contribution in [0.2, 0.25) is 18.1 Å². The van der Waals surface area contributed by atoms with Gasteiger partial charge >= 0.3 is 0 Å². The molecule has 1 saturated heterocycles. The number of nitrogens with zero attached hydrogens (tertiary/aromatic N) is 1. The molecule has 7 heteroatoms. The quantitative estimate of drug-likeness (QED) is 0.155. The van der Waals surface area contributed by atoms with E-state index in [-0.39, 0.29) is 28.3 Å². The number of carbonyl (C=O) groups is 1. The van der Waals surface area contributed by atoms with E-state index in [9.17, 15) is 4.79 Å². The molecule has 1 heterocycles. The Morgan fingerprint density at radius 3 is 2.11 bits per heavy atom. The summed E-state index contributed by atoms with van der Waals surface area (Å²) in [7, 11) is -0.499. The Hall–Kier alpha value is -1.93. The van der Waals surface area contributed by atoms with Crippen LogP contribution in [0.1, 0.15) is 40.2 Å². The van der Waals surface area contributed by atoms with Crippen LogP contribution in [0.3, 0.4) is 0 Å². The van der Waals surface area contributed by atoms with Gasteiger partial charge in [0.05, 0.1) is 19.1 Å². The lowest BCUT2D eigenvalue weighted by Gasteiger charge is -2.51. The van der Waals surface area contributed by atoms with Gasteiger partial charge in [0.25, 0.3) is 0 Å². The second-order valence-corrected chi connectivity index (χ2v) is 16.8. The Balaban J connectivity index is 2.04. The predicted molar refractivity (Wildman–Crippen MR) is 153 cm³/mol. The van der Waals surface area contributed by atoms with Crippen molar-refractivity contribution in [2.75, 3.05) is 7.11 Å². The summed E-state index contributed by atoms with van der Waals surface area (Å²) < 4.78 is 12.2. The zero-order valence-electron chi connectivity index (χ0n) is 22.0. The van der Waals surface area contributed by atoms with Crippen molar-refractivity contribution < 1.29 is 14.0 Å². The van der Waals surface area contributed by atoms with Gasteiger partial charge in [-0.2, -0.15) is 0 Å². The van der Waals surface area contributed by atoms with Gasteiger partial charge in [0.1, 0.15) is 11.1 Å². The number of β-lactam (4-membered cyclic amide) rings is 1. The Morgan fingerprint density at radius 2 is 1.60 bits per heavy atom. The normalized spacial score (nSPS) is 20.1. The van der Waals surface area contributed by atoms with Crippen molar-refractivity contribution in [2.24, 2.45) is 5.92 Å². The first-order chi connectivity index (χ1) is 16.4. The SMILES string of the molecule is COC(=S)C(=C(C)c1ccccc1)N1C(=O)[C@H]([C@@H](C)O[Si](C)(C)C(C)(C)C)[C@H]1Sc1ccccc1. The fraction of sp³-hybridized carbons (Fsp3) is 0.429. The molecule has 0 aliphatic carbocycles. The first-order valence-electron chi connectivity index (χ1n) is 12.0. The predicted octanol–water partition coefficient (Wildman–Crippen LogP) is 7.38. The smallest absolute Gasteiger partial charge is 0.236 e. The molecule has 0 unspecified atom stereocenters. The zero-order valence-corrected chi connectivity index (χ0v) is 24.6. The average Bonchev–Trinajstić information content (AvgIpc) is 2.81. The van der Waals surface area contributed by atoms with Gasteiger partial charge in [0.2, 0.25) is 11.0 Å². The van der Waals surface area contributed by atoms with Gasteiger partial charge in [0, 0.05) is 4.90 Å². The van der Waals surface area contributed by atoms with E-state index in [1.54, 1.807) is 18.9 Å². The van der Waals surface area contributed by atoms with Crippen LogP contribution < -0.4 is 0 Å². The van der Waals surface area contributed by atoms with Crippen LogP contribution in [-0.2, 0) is 14.0 Å². The average molecular weight is 528 g/mol. The lowest BCUT2D eigenvalue weighted by molar-refractivity contribution is -0.151. The maximum Gasteiger partial charge on any atom is 0.236 e. The van der Waals surface area contributed by atoms with Gasteiger partial charge in [-0.05, 0) is 67.5 Å². The lowest BCUT2D eigenvalue weighted by atomic mass is 9.90. The van der Waals surface area contributed by atoms with Crippen molar-refractivity contribution in [3.05, 3.63) is 71.9 Å². The molecule has 0 aromatic heterocycles. The summed E-state index contributed by atoms with van der Waals surface area (Å²) in [5.74, 6) is -0.262. The van der Waals surface area contributed by atoms with E-state index in [1.807, 2.05) is 67.3 Å². The first-order valence-corrected chi connectivity index (χ1v) is 16.2. The number of amides is 1. The third-order valence-corrected chi connectivity index (χ3v) is 13.3. The van der Waals surface area contributed by atoms with Gasteiger partial charge in [-0.3, -0.25) is 9.69 Å². The second kappa shape index (κ2) is 11.0. The molecule has 0 radical (unpaired) electrons. The Kier molecular flexibility index (Phi) is 8.68. The van der Waals surface area contributed by atoms with Crippen LogP contribution in [0.15, 0.2) is 71.3 Å². The van der Waals surface area contributed by atoms with Crippen molar-refractivity contribution >= 4 is 48.8 Å². The number of hydrogen-bond donors (Lipinski definition) is 0.